The molecule has 5 heteroatoms. The maximum atomic E-state index is 12.3. The van der Waals surface area contributed by atoms with Crippen molar-refractivity contribution in [2.45, 2.75) is 98.5 Å². The van der Waals surface area contributed by atoms with Gasteiger partial charge in [0.25, 0.3) is 0 Å². The van der Waals surface area contributed by atoms with Crippen LogP contribution in [0, 0.1) is 12.9 Å². The van der Waals surface area contributed by atoms with Gasteiger partial charge in [0.2, 0.25) is 0 Å². The minimum Gasteiger partial charge on any atom is -0.507 e. The average molecular weight is 1020 g/mol. The van der Waals surface area contributed by atoms with Gasteiger partial charge >= 0.3 is 0 Å². The SMILES string of the molecule is [2H]c1nc(-c2[c-]c(-c3cccc4c3nc(-c3cc(C(C)C)cc(C(C)C)c3O)n4-c3ccc(-c4ccccc4)cc3C([2H])([2H])[2H])cc(C(C)(C)C)c2)c([2H])c(-c2c([2H])c([2H])c(C(C([2H])([2H])[2H])(C([2H])([2H])[2H])C([2H])([2H])[2H])c([2H])c2[2H])c1[2H].[Pt]. The monoisotopic (exact) mass is 1010 g/mol. The van der Waals surface area contributed by atoms with Gasteiger partial charge < -0.3 is 5.11 Å². The molecule has 0 atom stereocenters. The van der Waals surface area contributed by atoms with E-state index >= 15 is 0 Å². The van der Waals surface area contributed by atoms with Gasteiger partial charge in [-0.1, -0.05) is 165 Å². The van der Waals surface area contributed by atoms with Gasteiger partial charge in [0.15, 0.2) is 0 Å². The summed E-state index contributed by atoms with van der Waals surface area (Å²) in [6.45, 7) is -0.770. The number of aromatic hydroxyl groups is 1. The van der Waals surface area contributed by atoms with E-state index in [1.165, 1.54) is 0 Å². The smallest absolute Gasteiger partial charge is 0.148 e. The van der Waals surface area contributed by atoms with Crippen LogP contribution >= 0.6 is 0 Å². The van der Waals surface area contributed by atoms with E-state index in [1.54, 1.807) is 41.0 Å². The molecule has 0 radical (unpaired) electrons. The van der Waals surface area contributed by atoms with Crippen LogP contribution in [0.1, 0.15) is 135 Å². The number of phenols is 1. The Morgan fingerprint density at radius 3 is 2.11 bits per heavy atom. The van der Waals surface area contributed by atoms with E-state index in [2.05, 4.69) is 11.1 Å². The van der Waals surface area contributed by atoms with Gasteiger partial charge in [-0.25, -0.2) is 4.98 Å². The summed E-state index contributed by atoms with van der Waals surface area (Å²) >= 11 is 0. The van der Waals surface area contributed by atoms with Gasteiger partial charge in [-0.15, -0.1) is 29.3 Å². The van der Waals surface area contributed by atoms with Crippen molar-refractivity contribution in [2.24, 2.45) is 0 Å². The maximum absolute atomic E-state index is 12.3. The molecule has 6 aromatic carbocycles. The molecule has 2 aromatic heterocycles. The van der Waals surface area contributed by atoms with Gasteiger partial charge in [0, 0.05) is 49.4 Å². The Balaban J connectivity index is 0.00000946. The minimum absolute atomic E-state index is 0. The van der Waals surface area contributed by atoms with Gasteiger partial charge in [0.05, 0.1) is 31.9 Å². The molecule has 0 spiro atoms. The van der Waals surface area contributed by atoms with E-state index in [1.807, 2.05) is 103 Å². The Labute approximate surface area is 410 Å². The van der Waals surface area contributed by atoms with Crippen molar-refractivity contribution in [3.05, 3.63) is 167 Å². The second kappa shape index (κ2) is 17.3. The molecule has 318 valence electrons. The Kier molecular flexibility index (Phi) is 7.30. The van der Waals surface area contributed by atoms with Crippen LogP contribution in [0.4, 0.5) is 0 Å². The van der Waals surface area contributed by atoms with Gasteiger partial charge in [-0.2, -0.15) is 0 Å². The summed E-state index contributed by atoms with van der Waals surface area (Å²) < 4.78 is 167. The number of pyridine rings is 1. The number of phenolic OH excluding ortho intramolecular Hbond substituents is 1. The molecular formula is C57H58N3OPt-. The maximum Gasteiger partial charge on any atom is 0.148 e. The first-order valence-electron chi connectivity index (χ1n) is 29.6. The largest absolute Gasteiger partial charge is 0.507 e. The molecule has 0 aliphatic carbocycles. The molecule has 0 saturated heterocycles. The molecule has 1 N–H and O–H groups in total. The summed E-state index contributed by atoms with van der Waals surface area (Å²) in [4.78, 5) is 9.65. The fourth-order valence-electron chi connectivity index (χ4n) is 7.38. The summed E-state index contributed by atoms with van der Waals surface area (Å²) in [6.07, 6.45) is -0.789. The predicted molar refractivity (Wildman–Crippen MR) is 257 cm³/mol. The summed E-state index contributed by atoms with van der Waals surface area (Å²) in [5.41, 5.74) is -1.89. The van der Waals surface area contributed by atoms with E-state index in [-0.39, 0.29) is 67.0 Å². The molecule has 2 heterocycles. The summed E-state index contributed by atoms with van der Waals surface area (Å²) in [5.74, 6) is 0.0586. The zero-order valence-corrected chi connectivity index (χ0v) is 37.7. The first-order chi connectivity index (χ1) is 36.9. The topological polar surface area (TPSA) is 50.9 Å². The van der Waals surface area contributed by atoms with E-state index < -0.39 is 97.4 Å². The second-order valence-corrected chi connectivity index (χ2v) is 17.0. The van der Waals surface area contributed by atoms with Crippen LogP contribution in [0.5, 0.6) is 5.75 Å². The van der Waals surface area contributed by atoms with Gasteiger partial charge in [-0.3, -0.25) is 9.55 Å². The Morgan fingerprint density at radius 1 is 0.694 bits per heavy atom. The second-order valence-electron chi connectivity index (χ2n) is 17.0. The molecule has 0 amide bonds. The number of fused-ring (bicyclic) bond motifs is 1. The molecule has 0 aliphatic heterocycles. The van der Waals surface area contributed by atoms with E-state index in [9.17, 15) is 6.48 Å². The number of aromatic nitrogens is 3. The van der Waals surface area contributed by atoms with Crippen LogP contribution in [-0.4, -0.2) is 19.6 Å². The van der Waals surface area contributed by atoms with Crippen molar-refractivity contribution in [3.8, 4) is 67.5 Å². The first-order valence-corrected chi connectivity index (χ1v) is 20.1. The van der Waals surface area contributed by atoms with Crippen molar-refractivity contribution in [1.29, 1.82) is 0 Å². The van der Waals surface area contributed by atoms with Crippen LogP contribution in [0.2, 0.25) is 0 Å². The molecule has 0 saturated carbocycles. The van der Waals surface area contributed by atoms with Crippen molar-refractivity contribution in [2.75, 3.05) is 0 Å². The zero-order chi connectivity index (χ0) is 59.5. The van der Waals surface area contributed by atoms with Crippen LogP contribution in [0.25, 0.3) is 72.7 Å². The Hall–Kier alpha value is -5.57. The molecule has 0 unspecified atom stereocenters. The normalized spacial score (nSPS) is 17.3. The first kappa shape index (κ1) is 26.1. The van der Waals surface area contributed by atoms with Crippen molar-refractivity contribution < 1.29 is 52.2 Å². The van der Waals surface area contributed by atoms with Crippen molar-refractivity contribution in [1.82, 2.24) is 14.5 Å². The number of benzene rings is 6. The van der Waals surface area contributed by atoms with Gasteiger partial charge in [0.1, 0.15) is 11.6 Å². The van der Waals surface area contributed by atoms with Crippen molar-refractivity contribution >= 4 is 11.0 Å². The number of rotatable bonds is 8. The number of nitrogens with zero attached hydrogens (tertiary/aromatic N) is 3. The number of hydrogen-bond donors (Lipinski definition) is 1. The number of para-hydroxylation sites is 1. The van der Waals surface area contributed by atoms with Crippen LogP contribution in [0.15, 0.2) is 133 Å². The Morgan fingerprint density at radius 2 is 1.44 bits per heavy atom. The summed E-state index contributed by atoms with van der Waals surface area (Å²) in [5, 5.41) is 12.3. The van der Waals surface area contributed by atoms with E-state index in [4.69, 9.17) is 29.7 Å². The molecule has 62 heavy (non-hydrogen) atoms. The molecule has 0 bridgehead atoms. The molecule has 8 aromatic rings. The fraction of sp³-hybridized carbons (Fsp3) is 0.263. The standard InChI is InChI=1S/C57H58N3O.Pt/c1-35(2)42-32-48(36(3)4)54(61)49(33-42)55-59-53-47(18-15-19-52(53)60(55)51-25-22-40(28-37(51)5)38-16-13-12-14-17-38)43-29-44(31-46(30-43)57(9,10)11)50-34-41(26-27-58-50)39-20-23-45(24-21-39)56(6,7)8;/h12-28,30-36,61H,1-11H3;/q-1;/i5D3,6D3,7D3,8D3,20D,21D,23D,24D,26D,27D,34D;. The Bertz CT molecular complexity index is 3690. The predicted octanol–water partition coefficient (Wildman–Crippen LogP) is 15.4. The number of imidazole rings is 1. The van der Waals surface area contributed by atoms with Crippen molar-refractivity contribution in [3.63, 3.8) is 0 Å². The van der Waals surface area contributed by atoms with Crippen LogP contribution in [-0.2, 0) is 31.9 Å². The van der Waals surface area contributed by atoms with E-state index in [0.717, 1.165) is 11.1 Å². The third kappa shape index (κ3) is 8.73. The number of hydrogen-bond acceptors (Lipinski definition) is 3. The summed E-state index contributed by atoms with van der Waals surface area (Å²) in [7, 11) is 0. The molecule has 0 aliphatic rings. The van der Waals surface area contributed by atoms with E-state index in [0.29, 0.717) is 44.4 Å². The summed E-state index contributed by atoms with van der Waals surface area (Å²) in [6, 6.07) is 23.9. The average Bonchev–Trinajstić information content (AvgIpc) is 3.74. The number of aryl methyl sites for hydroxylation is 1. The third-order valence-electron chi connectivity index (χ3n) is 10.8. The zero-order valence-electron chi connectivity index (χ0n) is 54.4. The quantitative estimate of drug-likeness (QED) is 0.154. The fourth-order valence-corrected chi connectivity index (χ4v) is 7.38. The van der Waals surface area contributed by atoms with Crippen LogP contribution < -0.4 is 0 Å². The van der Waals surface area contributed by atoms with Gasteiger partial charge in [-0.05, 0) is 104 Å². The molecule has 8 rings (SSSR count). The third-order valence-corrected chi connectivity index (χ3v) is 10.8. The molecular weight excluding hydrogens is 938 g/mol. The molecule has 4 nitrogen and oxygen atoms in total. The minimum atomic E-state index is -3.95. The molecule has 0 fully saturated rings. The van der Waals surface area contributed by atoms with Crippen LogP contribution in [0.3, 0.4) is 0 Å².